The van der Waals surface area contributed by atoms with E-state index in [0.29, 0.717) is 17.8 Å². The molecule has 1 aliphatic carbocycles. The Labute approximate surface area is 183 Å². The van der Waals surface area contributed by atoms with Gasteiger partial charge in [-0.1, -0.05) is 37.6 Å². The summed E-state index contributed by atoms with van der Waals surface area (Å²) in [6, 6.07) is 4.99. The highest BCUT2D eigenvalue weighted by atomic mass is 16.2. The molecule has 4 rings (SSSR count). The molecule has 166 valence electrons. The predicted molar refractivity (Wildman–Crippen MR) is 118 cm³/mol. The summed E-state index contributed by atoms with van der Waals surface area (Å²) < 4.78 is 0. The lowest BCUT2D eigenvalue weighted by atomic mass is 9.91. The van der Waals surface area contributed by atoms with E-state index in [1.54, 1.807) is 9.80 Å². The van der Waals surface area contributed by atoms with Gasteiger partial charge in [-0.3, -0.25) is 14.5 Å². The fourth-order valence-corrected chi connectivity index (χ4v) is 4.77. The number of amides is 4. The first-order chi connectivity index (χ1) is 14.7. The Balaban J connectivity index is 1.72. The molecule has 7 heteroatoms. The minimum atomic E-state index is -0.563. The van der Waals surface area contributed by atoms with Crippen LogP contribution in [0.4, 0.5) is 4.79 Å². The van der Waals surface area contributed by atoms with Gasteiger partial charge in [0.15, 0.2) is 0 Å². The fraction of sp³-hybridized carbons (Fsp3) is 0.542. The van der Waals surface area contributed by atoms with Gasteiger partial charge in [0.25, 0.3) is 5.91 Å². The molecule has 0 unspecified atom stereocenters. The number of rotatable bonds is 6. The lowest BCUT2D eigenvalue weighted by Crippen LogP contribution is -2.51. The van der Waals surface area contributed by atoms with Gasteiger partial charge in [-0.05, 0) is 50.7 Å². The van der Waals surface area contributed by atoms with Crippen molar-refractivity contribution >= 4 is 17.8 Å². The van der Waals surface area contributed by atoms with Crippen LogP contribution in [0.2, 0.25) is 0 Å². The number of aryl methyl sites for hydroxylation is 2. The predicted octanol–water partition coefficient (Wildman–Crippen LogP) is 2.79. The summed E-state index contributed by atoms with van der Waals surface area (Å²) >= 11 is 0. The minimum Gasteiger partial charge on any atom is -0.352 e. The number of carbonyl (C=O) groups is 3. The minimum absolute atomic E-state index is 0.0395. The Morgan fingerprint density at radius 1 is 1.23 bits per heavy atom. The van der Waals surface area contributed by atoms with Crippen molar-refractivity contribution in [1.82, 2.24) is 20.4 Å². The van der Waals surface area contributed by atoms with Crippen molar-refractivity contribution in [2.75, 3.05) is 13.1 Å². The second kappa shape index (κ2) is 8.02. The highest BCUT2D eigenvalue weighted by Crippen LogP contribution is 2.39. The van der Waals surface area contributed by atoms with Gasteiger partial charge in [0.2, 0.25) is 5.91 Å². The molecule has 0 spiro atoms. The van der Waals surface area contributed by atoms with Crippen molar-refractivity contribution in [1.29, 1.82) is 0 Å². The van der Waals surface area contributed by atoms with Crippen LogP contribution < -0.4 is 10.6 Å². The topological polar surface area (TPSA) is 81.8 Å². The maximum Gasteiger partial charge on any atom is 0.322 e. The van der Waals surface area contributed by atoms with Crippen molar-refractivity contribution in [3.63, 3.8) is 0 Å². The summed E-state index contributed by atoms with van der Waals surface area (Å²) in [6.07, 6.45) is 1.99. The summed E-state index contributed by atoms with van der Waals surface area (Å²) in [5.41, 5.74) is 4.37. The molecule has 0 aromatic heterocycles. The molecule has 0 saturated heterocycles. The zero-order valence-electron chi connectivity index (χ0n) is 19.0. The van der Waals surface area contributed by atoms with Crippen LogP contribution in [-0.2, 0) is 9.59 Å². The standard InChI is InChI=1S/C24H32N4O3/c1-6-27-18-12-28(21(13(2)3)22(29)25-16-8-9-16)23(30)19(18)20(26-24(27)31)17-10-7-14(4)11-15(17)5/h7,10-11,13,16,20-21H,6,8-9,12H2,1-5H3,(H,25,29)(H,26,31)/t20-,21-/m0/s1. The van der Waals surface area contributed by atoms with Gasteiger partial charge in [0, 0.05) is 12.6 Å². The number of benzene rings is 1. The van der Waals surface area contributed by atoms with Crippen LogP contribution in [0.25, 0.3) is 0 Å². The molecular weight excluding hydrogens is 392 g/mol. The zero-order valence-corrected chi connectivity index (χ0v) is 19.0. The lowest BCUT2D eigenvalue weighted by Gasteiger charge is -2.33. The number of nitrogens with zero attached hydrogens (tertiary/aromatic N) is 2. The maximum absolute atomic E-state index is 13.7. The van der Waals surface area contributed by atoms with Crippen LogP contribution in [0.3, 0.4) is 0 Å². The van der Waals surface area contributed by atoms with Crippen LogP contribution in [-0.4, -0.2) is 52.8 Å². The molecule has 2 atom stereocenters. The molecule has 1 saturated carbocycles. The smallest absolute Gasteiger partial charge is 0.322 e. The molecule has 2 N–H and O–H groups in total. The van der Waals surface area contributed by atoms with Crippen LogP contribution in [0, 0.1) is 19.8 Å². The normalized spacial score (nSPS) is 22.1. The molecule has 2 heterocycles. The van der Waals surface area contributed by atoms with E-state index in [0.717, 1.165) is 29.5 Å². The number of carbonyl (C=O) groups excluding carboxylic acids is 3. The van der Waals surface area contributed by atoms with Gasteiger partial charge in [0.05, 0.1) is 23.9 Å². The molecule has 7 nitrogen and oxygen atoms in total. The second-order valence-electron chi connectivity index (χ2n) is 9.25. The monoisotopic (exact) mass is 424 g/mol. The highest BCUT2D eigenvalue weighted by molar-refractivity contribution is 6.03. The van der Waals surface area contributed by atoms with E-state index in [4.69, 9.17) is 0 Å². The van der Waals surface area contributed by atoms with E-state index in [9.17, 15) is 14.4 Å². The molecule has 31 heavy (non-hydrogen) atoms. The van der Waals surface area contributed by atoms with Crippen molar-refractivity contribution in [3.8, 4) is 0 Å². The summed E-state index contributed by atoms with van der Waals surface area (Å²) in [7, 11) is 0. The molecule has 4 amide bonds. The van der Waals surface area contributed by atoms with E-state index in [1.165, 1.54) is 0 Å². The SMILES string of the molecule is CCN1C(=O)N[C@@H](c2ccc(C)cc2C)C2=C1CN([C@H](C(=O)NC1CC1)C(C)C)C2=O. The molecule has 0 radical (unpaired) electrons. The van der Waals surface area contributed by atoms with Crippen molar-refractivity contribution in [2.45, 2.75) is 65.6 Å². The van der Waals surface area contributed by atoms with Crippen molar-refractivity contribution in [2.24, 2.45) is 5.92 Å². The summed E-state index contributed by atoms with van der Waals surface area (Å²) in [4.78, 5) is 42.9. The molecule has 3 aliphatic rings. The lowest BCUT2D eigenvalue weighted by molar-refractivity contribution is -0.138. The van der Waals surface area contributed by atoms with Gasteiger partial charge >= 0.3 is 6.03 Å². The molecule has 1 aromatic carbocycles. The first-order valence-corrected chi connectivity index (χ1v) is 11.2. The third-order valence-electron chi connectivity index (χ3n) is 6.46. The van der Waals surface area contributed by atoms with E-state index in [2.05, 4.69) is 16.7 Å². The van der Waals surface area contributed by atoms with E-state index in [1.807, 2.05) is 46.8 Å². The summed E-state index contributed by atoms with van der Waals surface area (Å²) in [6.45, 7) is 10.6. The van der Waals surface area contributed by atoms with Gasteiger partial charge in [-0.25, -0.2) is 4.79 Å². The average molecular weight is 425 g/mol. The number of hydrogen-bond acceptors (Lipinski definition) is 3. The largest absolute Gasteiger partial charge is 0.352 e. The van der Waals surface area contributed by atoms with Crippen molar-refractivity contribution < 1.29 is 14.4 Å². The van der Waals surface area contributed by atoms with Crippen LogP contribution in [0.1, 0.15) is 56.3 Å². The number of nitrogens with one attached hydrogen (secondary N) is 2. The molecule has 2 aliphatic heterocycles. The van der Waals surface area contributed by atoms with Crippen LogP contribution in [0.5, 0.6) is 0 Å². The van der Waals surface area contributed by atoms with Gasteiger partial charge in [-0.15, -0.1) is 0 Å². The van der Waals surface area contributed by atoms with Gasteiger partial charge < -0.3 is 15.5 Å². The van der Waals surface area contributed by atoms with E-state index < -0.39 is 12.1 Å². The second-order valence-corrected chi connectivity index (χ2v) is 9.25. The van der Waals surface area contributed by atoms with E-state index in [-0.39, 0.29) is 36.3 Å². The Morgan fingerprint density at radius 3 is 2.52 bits per heavy atom. The first-order valence-electron chi connectivity index (χ1n) is 11.2. The summed E-state index contributed by atoms with van der Waals surface area (Å²) in [5.74, 6) is -0.304. The van der Waals surface area contributed by atoms with Crippen LogP contribution in [0.15, 0.2) is 29.5 Å². The molecular formula is C24H32N4O3. The quantitative estimate of drug-likeness (QED) is 0.737. The van der Waals surface area contributed by atoms with E-state index >= 15 is 0 Å². The molecule has 1 aromatic rings. The fourth-order valence-electron chi connectivity index (χ4n) is 4.77. The third kappa shape index (κ3) is 3.82. The van der Waals surface area contributed by atoms with Gasteiger partial charge in [0.1, 0.15) is 6.04 Å². The Morgan fingerprint density at radius 2 is 1.94 bits per heavy atom. The number of hydrogen-bond donors (Lipinski definition) is 2. The Bertz CT molecular complexity index is 964. The number of urea groups is 1. The molecule has 0 bridgehead atoms. The van der Waals surface area contributed by atoms with Gasteiger partial charge in [-0.2, -0.15) is 0 Å². The Kier molecular flexibility index (Phi) is 5.54. The Hall–Kier alpha value is -2.83. The zero-order chi connectivity index (χ0) is 22.4. The first kappa shape index (κ1) is 21.4. The maximum atomic E-state index is 13.7. The third-order valence-corrected chi connectivity index (χ3v) is 6.46. The van der Waals surface area contributed by atoms with Crippen LogP contribution >= 0.6 is 0 Å². The van der Waals surface area contributed by atoms with Crippen molar-refractivity contribution in [3.05, 3.63) is 46.2 Å². The summed E-state index contributed by atoms with van der Waals surface area (Å²) in [5, 5.41) is 6.10. The average Bonchev–Trinajstić information content (AvgIpc) is 3.44. The number of likely N-dealkylation sites (N-methyl/N-ethyl adjacent to an activating group) is 1. The molecule has 1 fully saturated rings. The highest BCUT2D eigenvalue weighted by Gasteiger charge is 2.48.